The van der Waals surface area contributed by atoms with E-state index in [1.54, 1.807) is 0 Å². The lowest BCUT2D eigenvalue weighted by Crippen LogP contribution is -2.52. The Morgan fingerprint density at radius 3 is 2.65 bits per heavy atom. The first-order chi connectivity index (χ1) is 12.6. The van der Waals surface area contributed by atoms with Gasteiger partial charge in [-0.25, -0.2) is 0 Å². The van der Waals surface area contributed by atoms with Crippen molar-refractivity contribution in [1.29, 1.82) is 5.41 Å². The first-order valence-corrected chi connectivity index (χ1v) is 9.23. The van der Waals surface area contributed by atoms with Crippen LogP contribution >= 0.6 is 0 Å². The Hall–Kier alpha value is -2.41. The quantitative estimate of drug-likeness (QED) is 0.800. The van der Waals surface area contributed by atoms with E-state index in [-0.39, 0.29) is 11.6 Å². The maximum Gasteiger partial charge on any atom is 0.266 e. The molecule has 2 aliphatic heterocycles. The molecule has 4 rings (SSSR count). The summed E-state index contributed by atoms with van der Waals surface area (Å²) in [4.78, 5) is 6.76. The number of nitrogens with one attached hydrogen (secondary N) is 2. The summed E-state index contributed by atoms with van der Waals surface area (Å²) in [5, 5.41) is 15.1. The molecule has 2 aromatic rings. The number of piperidine rings is 1. The highest BCUT2D eigenvalue weighted by Gasteiger charge is 2.41. The van der Waals surface area contributed by atoms with Crippen LogP contribution in [0, 0.1) is 5.41 Å². The molecule has 3 heterocycles. The second-order valence-electron chi connectivity index (χ2n) is 7.41. The maximum atomic E-state index is 7.56. The van der Waals surface area contributed by atoms with E-state index in [9.17, 15) is 0 Å². The van der Waals surface area contributed by atoms with Gasteiger partial charge in [-0.2, -0.15) is 4.98 Å². The third-order valence-corrected chi connectivity index (χ3v) is 5.24. The lowest BCUT2D eigenvalue weighted by Gasteiger charge is -2.47. The lowest BCUT2D eigenvalue weighted by atomic mass is 9.84. The van der Waals surface area contributed by atoms with Crippen LogP contribution in [0.4, 0.5) is 11.6 Å². The minimum atomic E-state index is 0.114. The molecule has 26 heavy (non-hydrogen) atoms. The number of benzene rings is 1. The van der Waals surface area contributed by atoms with E-state index >= 15 is 0 Å². The van der Waals surface area contributed by atoms with E-state index in [1.165, 1.54) is 12.6 Å². The minimum Gasteiger partial charge on any atom is -0.382 e. The number of ether oxygens (including phenoxy) is 1. The summed E-state index contributed by atoms with van der Waals surface area (Å²) in [6.45, 7) is 6.82. The van der Waals surface area contributed by atoms with E-state index in [4.69, 9.17) is 14.7 Å². The summed E-state index contributed by atoms with van der Waals surface area (Å²) in [5.74, 6) is 1.15. The topological polar surface area (TPSA) is 87.3 Å². The molecule has 2 aliphatic rings. The van der Waals surface area contributed by atoms with Crippen molar-refractivity contribution in [3.8, 4) is 11.5 Å². The molecule has 138 valence electrons. The van der Waals surface area contributed by atoms with E-state index in [0.29, 0.717) is 11.8 Å². The summed E-state index contributed by atoms with van der Waals surface area (Å²) < 4.78 is 11.3. The molecule has 1 aromatic heterocycles. The lowest BCUT2D eigenvalue weighted by molar-refractivity contribution is -0.158. The Morgan fingerprint density at radius 2 is 2.04 bits per heavy atom. The van der Waals surface area contributed by atoms with Gasteiger partial charge in [-0.1, -0.05) is 6.07 Å². The number of anilines is 2. The zero-order chi connectivity index (χ0) is 18.1. The molecule has 0 bridgehead atoms. The third-order valence-electron chi connectivity index (χ3n) is 5.24. The standard InChI is InChI=1S/C19H25N5O2/c1-13(2)21-16-11-14(3-4-15(16)12-20)17-22-18(23-26-17)24-8-5-19(6-9-24)7-10-25-19/h3-4,11-13,20-21H,5-10H2,1-2H3. The molecule has 2 N–H and O–H groups in total. The van der Waals surface area contributed by atoms with Crippen LogP contribution in [0.25, 0.3) is 11.5 Å². The average molecular weight is 355 g/mol. The van der Waals surface area contributed by atoms with Gasteiger partial charge >= 0.3 is 0 Å². The van der Waals surface area contributed by atoms with Gasteiger partial charge in [0.05, 0.1) is 12.2 Å². The predicted molar refractivity (Wildman–Crippen MR) is 101 cm³/mol. The maximum absolute atomic E-state index is 7.56. The normalized spacial score (nSPS) is 18.8. The fourth-order valence-corrected chi connectivity index (χ4v) is 3.61. The van der Waals surface area contributed by atoms with Crippen LogP contribution in [0.5, 0.6) is 0 Å². The number of nitrogens with zero attached hydrogens (tertiary/aromatic N) is 3. The summed E-state index contributed by atoms with van der Waals surface area (Å²) in [6.07, 6.45) is 4.56. The van der Waals surface area contributed by atoms with E-state index in [1.807, 2.05) is 18.2 Å². The SMILES string of the molecule is CC(C)Nc1cc(-c2nc(N3CCC4(CCO4)CC3)no2)ccc1C=N. The number of aromatic nitrogens is 2. The van der Waals surface area contributed by atoms with Gasteiger partial charge in [-0.15, -0.1) is 0 Å². The van der Waals surface area contributed by atoms with Crippen LogP contribution in [0.2, 0.25) is 0 Å². The van der Waals surface area contributed by atoms with Gasteiger partial charge in [0.15, 0.2) is 0 Å². The molecule has 0 radical (unpaired) electrons. The van der Waals surface area contributed by atoms with E-state index in [2.05, 4.69) is 34.2 Å². The van der Waals surface area contributed by atoms with Gasteiger partial charge in [0.25, 0.3) is 11.8 Å². The highest BCUT2D eigenvalue weighted by atomic mass is 16.5. The van der Waals surface area contributed by atoms with Crippen molar-refractivity contribution in [1.82, 2.24) is 10.1 Å². The molecule has 7 nitrogen and oxygen atoms in total. The van der Waals surface area contributed by atoms with Crippen molar-refractivity contribution >= 4 is 17.9 Å². The van der Waals surface area contributed by atoms with Crippen molar-refractivity contribution in [2.45, 2.75) is 44.8 Å². The summed E-state index contributed by atoms with van der Waals surface area (Å²) >= 11 is 0. The number of hydrogen-bond donors (Lipinski definition) is 2. The summed E-state index contributed by atoms with van der Waals surface area (Å²) in [7, 11) is 0. The van der Waals surface area contributed by atoms with Crippen LogP contribution in [-0.4, -0.2) is 47.7 Å². The number of rotatable bonds is 5. The van der Waals surface area contributed by atoms with E-state index in [0.717, 1.165) is 49.4 Å². The van der Waals surface area contributed by atoms with E-state index < -0.39 is 0 Å². The second kappa shape index (κ2) is 6.72. The first-order valence-electron chi connectivity index (χ1n) is 9.23. The molecule has 0 unspecified atom stereocenters. The van der Waals surface area contributed by atoms with Crippen LogP contribution in [0.3, 0.4) is 0 Å². The summed E-state index contributed by atoms with van der Waals surface area (Å²) in [6, 6.07) is 6.05. The Balaban J connectivity index is 1.51. The average Bonchev–Trinajstić information content (AvgIpc) is 3.10. The molecule has 1 aromatic carbocycles. The largest absolute Gasteiger partial charge is 0.382 e. The molecule has 0 saturated carbocycles. The predicted octanol–water partition coefficient (Wildman–Crippen LogP) is 3.31. The zero-order valence-electron chi connectivity index (χ0n) is 15.3. The fourth-order valence-electron chi connectivity index (χ4n) is 3.61. The van der Waals surface area contributed by atoms with Crippen molar-refractivity contribution in [3.63, 3.8) is 0 Å². The number of hydrogen-bond acceptors (Lipinski definition) is 7. The van der Waals surface area contributed by atoms with Crippen molar-refractivity contribution < 1.29 is 9.26 Å². The van der Waals surface area contributed by atoms with Gasteiger partial charge < -0.3 is 24.9 Å². The molecule has 0 amide bonds. The van der Waals surface area contributed by atoms with Gasteiger partial charge in [0.2, 0.25) is 0 Å². The van der Waals surface area contributed by atoms with Gasteiger partial charge in [-0.05, 0) is 50.4 Å². The molecule has 2 saturated heterocycles. The molecular weight excluding hydrogens is 330 g/mol. The van der Waals surface area contributed by atoms with Crippen molar-refractivity contribution in [2.24, 2.45) is 0 Å². The fraction of sp³-hybridized carbons (Fsp3) is 0.526. The van der Waals surface area contributed by atoms with Crippen LogP contribution in [0.15, 0.2) is 22.7 Å². The Bertz CT molecular complexity index is 787. The van der Waals surface area contributed by atoms with Crippen LogP contribution in [-0.2, 0) is 4.74 Å². The van der Waals surface area contributed by atoms with Crippen LogP contribution in [0.1, 0.15) is 38.7 Å². The highest BCUT2D eigenvalue weighted by Crippen LogP contribution is 2.37. The molecule has 2 fully saturated rings. The minimum absolute atomic E-state index is 0.114. The van der Waals surface area contributed by atoms with Gasteiger partial charge in [-0.3, -0.25) is 0 Å². The zero-order valence-corrected chi connectivity index (χ0v) is 15.3. The molecule has 0 aliphatic carbocycles. The second-order valence-corrected chi connectivity index (χ2v) is 7.41. The molecule has 0 atom stereocenters. The van der Waals surface area contributed by atoms with Crippen molar-refractivity contribution in [2.75, 3.05) is 29.9 Å². The van der Waals surface area contributed by atoms with Crippen LogP contribution < -0.4 is 10.2 Å². The molecule has 7 heteroatoms. The molecule has 1 spiro atoms. The Morgan fingerprint density at radius 1 is 1.27 bits per heavy atom. The molecular formula is C19H25N5O2. The Labute approximate surface area is 153 Å². The van der Waals surface area contributed by atoms with Gasteiger partial charge in [0.1, 0.15) is 0 Å². The highest BCUT2D eigenvalue weighted by molar-refractivity contribution is 5.87. The first kappa shape index (κ1) is 17.0. The monoisotopic (exact) mass is 355 g/mol. The third kappa shape index (κ3) is 3.19. The Kier molecular flexibility index (Phi) is 4.40. The smallest absolute Gasteiger partial charge is 0.266 e. The van der Waals surface area contributed by atoms with Gasteiger partial charge in [0, 0.05) is 42.2 Å². The van der Waals surface area contributed by atoms with Crippen molar-refractivity contribution in [3.05, 3.63) is 23.8 Å². The summed E-state index contributed by atoms with van der Waals surface area (Å²) in [5.41, 5.74) is 2.70.